The van der Waals surface area contributed by atoms with Crippen LogP contribution in [0.2, 0.25) is 0 Å². The van der Waals surface area contributed by atoms with Gasteiger partial charge in [0.15, 0.2) is 0 Å². The first kappa shape index (κ1) is 15.3. The van der Waals surface area contributed by atoms with Crippen LogP contribution in [-0.4, -0.2) is 28.4 Å². The van der Waals surface area contributed by atoms with Crippen LogP contribution in [0.15, 0.2) is 54.7 Å². The summed E-state index contributed by atoms with van der Waals surface area (Å²) in [4.78, 5) is 19.6. The highest BCUT2D eigenvalue weighted by Gasteiger charge is 2.46. The fourth-order valence-corrected chi connectivity index (χ4v) is 4.26. The van der Waals surface area contributed by atoms with Crippen LogP contribution in [-0.2, 0) is 11.3 Å². The van der Waals surface area contributed by atoms with E-state index in [1.165, 1.54) is 12.0 Å². The Labute approximate surface area is 142 Å². The molecule has 4 heteroatoms. The molecule has 1 N–H and O–H groups in total. The third kappa shape index (κ3) is 2.94. The van der Waals surface area contributed by atoms with Gasteiger partial charge in [0.2, 0.25) is 5.91 Å². The van der Waals surface area contributed by atoms with E-state index in [0.717, 1.165) is 25.1 Å². The van der Waals surface area contributed by atoms with Gasteiger partial charge in [0.1, 0.15) is 0 Å². The summed E-state index contributed by atoms with van der Waals surface area (Å²) < 4.78 is 0. The predicted octanol–water partition coefficient (Wildman–Crippen LogP) is 2.92. The second-order valence-electron chi connectivity index (χ2n) is 6.75. The number of aromatic nitrogens is 1. The molecule has 2 saturated heterocycles. The zero-order valence-electron chi connectivity index (χ0n) is 13.8. The van der Waals surface area contributed by atoms with Crippen molar-refractivity contribution in [2.24, 2.45) is 5.92 Å². The molecule has 1 amide bonds. The van der Waals surface area contributed by atoms with E-state index >= 15 is 0 Å². The molecule has 0 spiro atoms. The third-order valence-corrected chi connectivity index (χ3v) is 5.38. The highest BCUT2D eigenvalue weighted by molar-refractivity contribution is 5.80. The summed E-state index contributed by atoms with van der Waals surface area (Å²) in [5.41, 5.74) is 2.25. The number of carbonyl (C=O) groups excluding carboxylic acids is 1. The molecular formula is C20H23N3O. The summed E-state index contributed by atoms with van der Waals surface area (Å²) in [6.45, 7) is 1.62. The highest BCUT2D eigenvalue weighted by atomic mass is 16.2. The van der Waals surface area contributed by atoms with Crippen molar-refractivity contribution in [3.63, 3.8) is 0 Å². The molecule has 1 aromatic heterocycles. The van der Waals surface area contributed by atoms with Gasteiger partial charge in [-0.15, -0.1) is 0 Å². The molecule has 0 radical (unpaired) electrons. The number of amides is 1. The lowest BCUT2D eigenvalue weighted by atomic mass is 9.93. The first-order valence-electron chi connectivity index (χ1n) is 8.81. The van der Waals surface area contributed by atoms with Gasteiger partial charge in [-0.05, 0) is 43.5 Å². The molecule has 0 aliphatic carbocycles. The molecule has 124 valence electrons. The number of hydrogen-bond acceptors (Lipinski definition) is 3. The summed E-state index contributed by atoms with van der Waals surface area (Å²) in [5.74, 6) is 0.261. The number of hydrogen-bond donors (Lipinski definition) is 1. The molecule has 3 heterocycles. The largest absolute Gasteiger partial charge is 0.350 e. The maximum atomic E-state index is 12.8. The first-order valence-corrected chi connectivity index (χ1v) is 8.81. The average molecular weight is 321 g/mol. The van der Waals surface area contributed by atoms with Gasteiger partial charge in [0.25, 0.3) is 0 Å². The van der Waals surface area contributed by atoms with Crippen molar-refractivity contribution in [1.29, 1.82) is 0 Å². The number of nitrogens with zero attached hydrogens (tertiary/aromatic N) is 2. The lowest BCUT2D eigenvalue weighted by molar-refractivity contribution is -0.125. The Balaban J connectivity index is 1.46. The van der Waals surface area contributed by atoms with Gasteiger partial charge >= 0.3 is 0 Å². The number of benzene rings is 1. The fraction of sp³-hybridized carbons (Fsp3) is 0.400. The monoisotopic (exact) mass is 321 g/mol. The first-order chi connectivity index (χ1) is 11.8. The van der Waals surface area contributed by atoms with Crippen molar-refractivity contribution in [1.82, 2.24) is 15.2 Å². The second-order valence-corrected chi connectivity index (χ2v) is 6.75. The Bertz CT molecular complexity index is 689. The molecule has 4 nitrogen and oxygen atoms in total. The van der Waals surface area contributed by atoms with Crippen LogP contribution in [0.25, 0.3) is 0 Å². The van der Waals surface area contributed by atoms with E-state index in [-0.39, 0.29) is 11.8 Å². The number of rotatable bonds is 4. The molecule has 1 aromatic carbocycles. The highest BCUT2D eigenvalue weighted by Crippen LogP contribution is 2.44. The molecule has 4 rings (SSSR count). The Morgan fingerprint density at radius 2 is 2.00 bits per heavy atom. The Hall–Kier alpha value is -2.20. The maximum absolute atomic E-state index is 12.8. The number of fused-ring (bicyclic) bond motifs is 1. The van der Waals surface area contributed by atoms with Crippen molar-refractivity contribution in [3.8, 4) is 0 Å². The van der Waals surface area contributed by atoms with Gasteiger partial charge in [0, 0.05) is 18.3 Å². The predicted molar refractivity (Wildman–Crippen MR) is 93.1 cm³/mol. The molecule has 0 bridgehead atoms. The summed E-state index contributed by atoms with van der Waals surface area (Å²) >= 11 is 0. The lowest BCUT2D eigenvalue weighted by Gasteiger charge is -2.24. The standard InChI is InChI=1S/C20H23N3O/c24-20(22-14-16-9-4-5-11-21-16)17-13-19(15-7-2-1-3-8-15)23-12-6-10-18(17)23/h1-5,7-9,11,17-19H,6,10,12-14H2,(H,22,24)/t17-,18+,19-/m0/s1. The normalized spacial score (nSPS) is 26.2. The number of nitrogens with one attached hydrogen (secondary N) is 1. The van der Waals surface area contributed by atoms with Gasteiger partial charge in [-0.1, -0.05) is 36.4 Å². The molecule has 2 aromatic rings. The molecule has 3 atom stereocenters. The Morgan fingerprint density at radius 3 is 2.79 bits per heavy atom. The average Bonchev–Trinajstić information content (AvgIpc) is 3.24. The molecule has 2 aliphatic rings. The minimum Gasteiger partial charge on any atom is -0.350 e. The van der Waals surface area contributed by atoms with Gasteiger partial charge < -0.3 is 5.32 Å². The van der Waals surface area contributed by atoms with Crippen molar-refractivity contribution >= 4 is 5.91 Å². The number of carbonyl (C=O) groups is 1. The van der Waals surface area contributed by atoms with Crippen molar-refractivity contribution in [2.75, 3.05) is 6.54 Å². The van der Waals surface area contributed by atoms with E-state index in [9.17, 15) is 4.79 Å². The van der Waals surface area contributed by atoms with Crippen LogP contribution >= 0.6 is 0 Å². The Kier molecular flexibility index (Phi) is 4.30. The van der Waals surface area contributed by atoms with Crippen LogP contribution in [0, 0.1) is 5.92 Å². The zero-order valence-corrected chi connectivity index (χ0v) is 13.8. The van der Waals surface area contributed by atoms with Crippen LogP contribution in [0.4, 0.5) is 0 Å². The van der Waals surface area contributed by atoms with Gasteiger partial charge in [-0.2, -0.15) is 0 Å². The number of pyridine rings is 1. The van der Waals surface area contributed by atoms with E-state index in [2.05, 4.69) is 45.5 Å². The van der Waals surface area contributed by atoms with Gasteiger partial charge in [-0.25, -0.2) is 0 Å². The topological polar surface area (TPSA) is 45.2 Å². The molecule has 2 aliphatic heterocycles. The minimum atomic E-state index is 0.0846. The summed E-state index contributed by atoms with van der Waals surface area (Å²) in [6, 6.07) is 17.2. The van der Waals surface area contributed by atoms with E-state index in [1.54, 1.807) is 6.20 Å². The summed E-state index contributed by atoms with van der Waals surface area (Å²) in [6.07, 6.45) is 5.01. The van der Waals surface area contributed by atoms with Gasteiger partial charge in [-0.3, -0.25) is 14.7 Å². The quantitative estimate of drug-likeness (QED) is 0.942. The molecular weight excluding hydrogens is 298 g/mol. The van der Waals surface area contributed by atoms with Crippen molar-refractivity contribution in [3.05, 3.63) is 66.0 Å². The Morgan fingerprint density at radius 1 is 1.17 bits per heavy atom. The SMILES string of the molecule is O=C(NCc1ccccn1)[C@H]1C[C@@H](c2ccccc2)N2CCC[C@H]12. The van der Waals surface area contributed by atoms with Crippen LogP contribution < -0.4 is 5.32 Å². The maximum Gasteiger partial charge on any atom is 0.225 e. The zero-order chi connectivity index (χ0) is 16.4. The lowest BCUT2D eigenvalue weighted by Crippen LogP contribution is -2.37. The molecule has 24 heavy (non-hydrogen) atoms. The van der Waals surface area contributed by atoms with Crippen molar-refractivity contribution < 1.29 is 4.79 Å². The summed E-state index contributed by atoms with van der Waals surface area (Å²) in [5, 5.41) is 3.10. The third-order valence-electron chi connectivity index (χ3n) is 5.38. The minimum absolute atomic E-state index is 0.0846. The second kappa shape index (κ2) is 6.73. The van der Waals surface area contributed by atoms with Crippen LogP contribution in [0.3, 0.4) is 0 Å². The summed E-state index contributed by atoms with van der Waals surface area (Å²) in [7, 11) is 0. The van der Waals surface area contributed by atoms with Gasteiger partial charge in [0.05, 0.1) is 18.2 Å². The van der Waals surface area contributed by atoms with Crippen molar-refractivity contribution in [2.45, 2.75) is 37.9 Å². The molecule has 2 fully saturated rings. The molecule has 0 unspecified atom stereocenters. The van der Waals surface area contributed by atoms with E-state index < -0.39 is 0 Å². The fourth-order valence-electron chi connectivity index (χ4n) is 4.26. The van der Waals surface area contributed by atoms with Crippen LogP contribution in [0.1, 0.15) is 36.6 Å². The molecule has 0 saturated carbocycles. The van der Waals surface area contributed by atoms with E-state index in [1.807, 2.05) is 18.2 Å². The van der Waals surface area contributed by atoms with Crippen LogP contribution in [0.5, 0.6) is 0 Å². The van der Waals surface area contributed by atoms with E-state index in [0.29, 0.717) is 18.6 Å². The smallest absolute Gasteiger partial charge is 0.225 e. The van der Waals surface area contributed by atoms with E-state index in [4.69, 9.17) is 0 Å².